The molecule has 1 aliphatic rings. The van der Waals surface area contributed by atoms with Gasteiger partial charge in [0.25, 0.3) is 0 Å². The lowest BCUT2D eigenvalue weighted by molar-refractivity contribution is 0.660. The average molecular weight is 857 g/mol. The fourth-order valence-corrected chi connectivity index (χ4v) is 11.7. The molecule has 14 rings (SSSR count). The highest BCUT2D eigenvalue weighted by Crippen LogP contribution is 2.52. The maximum absolute atomic E-state index is 2.56. The predicted molar refractivity (Wildman–Crippen MR) is 282 cm³/mol. The molecule has 13 aromatic rings. The molecular weight excluding hydrogens is 813 g/mol. The summed E-state index contributed by atoms with van der Waals surface area (Å²) in [6.45, 7) is 4.79. The smallest absolute Gasteiger partial charge is 0.0641 e. The van der Waals surface area contributed by atoms with Gasteiger partial charge in [0, 0.05) is 71.9 Å². The van der Waals surface area contributed by atoms with Crippen LogP contribution in [0.3, 0.4) is 0 Å². The zero-order chi connectivity index (χ0) is 44.4. The van der Waals surface area contributed by atoms with Gasteiger partial charge in [-0.15, -0.1) is 0 Å². The Morgan fingerprint density at radius 1 is 0.313 bits per heavy atom. The maximum Gasteiger partial charge on any atom is 0.0641 e. The van der Waals surface area contributed by atoms with Crippen molar-refractivity contribution in [3.8, 4) is 28.2 Å². The van der Waals surface area contributed by atoms with Crippen LogP contribution in [0.5, 0.6) is 0 Å². The standard InChI is InChI=1S/C63H44N4/c1-63(2)53-39-45(64(41-19-7-3-8-20-41)42-21-9-4-10-22-42)31-33-47(53)48-34-32-46(40-54(48)63)66-56-30-18-16-28-52(56)60-58(66)38-36-50-49-35-37-57-59(61(49)67(62(50)60)44-25-13-6-14-26-44)51-27-15-17-29-55(51)65(57)43-23-11-5-12-24-43/h3-40H,1-2H3. The van der Waals surface area contributed by atoms with Gasteiger partial charge in [-0.2, -0.15) is 0 Å². The van der Waals surface area contributed by atoms with Gasteiger partial charge in [-0.1, -0.05) is 147 Å². The minimum Gasteiger partial charge on any atom is -0.310 e. The molecule has 0 radical (unpaired) electrons. The summed E-state index contributed by atoms with van der Waals surface area (Å²) in [6, 6.07) is 84.7. The SMILES string of the molecule is CC1(C)c2cc(N(c3ccccc3)c3ccccc3)ccc2-c2ccc(-n3c4ccccc4c4c3ccc3c5ccc6c(c7ccccc7n6-c6ccccc6)c5n(-c5ccccc5)c34)cc21. The van der Waals surface area contributed by atoms with Crippen molar-refractivity contribution < 1.29 is 0 Å². The molecule has 0 saturated carbocycles. The van der Waals surface area contributed by atoms with Crippen molar-refractivity contribution in [1.82, 2.24) is 13.7 Å². The van der Waals surface area contributed by atoms with E-state index in [0.717, 1.165) is 34.1 Å². The normalized spacial score (nSPS) is 13.0. The van der Waals surface area contributed by atoms with Gasteiger partial charge in [0.05, 0.1) is 33.1 Å². The van der Waals surface area contributed by atoms with Crippen LogP contribution >= 0.6 is 0 Å². The Morgan fingerprint density at radius 2 is 0.746 bits per heavy atom. The first kappa shape index (κ1) is 37.7. The summed E-state index contributed by atoms with van der Waals surface area (Å²) in [5, 5.41) is 7.48. The topological polar surface area (TPSA) is 18.0 Å². The first-order chi connectivity index (χ1) is 33.0. The quantitative estimate of drug-likeness (QED) is 0.163. The average Bonchev–Trinajstić information content (AvgIpc) is 4.08. The molecule has 0 aliphatic heterocycles. The van der Waals surface area contributed by atoms with Crippen LogP contribution in [0.4, 0.5) is 17.1 Å². The molecule has 0 bridgehead atoms. The zero-order valence-electron chi connectivity index (χ0n) is 37.2. The highest BCUT2D eigenvalue weighted by molar-refractivity contribution is 6.31. The van der Waals surface area contributed by atoms with Gasteiger partial charge in [-0.3, -0.25) is 0 Å². The Bertz CT molecular complexity index is 4060. The third kappa shape index (κ3) is 5.35. The summed E-state index contributed by atoms with van der Waals surface area (Å²) in [7, 11) is 0. The van der Waals surface area contributed by atoms with E-state index in [2.05, 4.69) is 263 Å². The molecule has 3 heterocycles. The van der Waals surface area contributed by atoms with Crippen LogP contribution in [0, 0.1) is 0 Å². The Kier molecular flexibility index (Phi) is 8.00. The van der Waals surface area contributed by atoms with E-state index in [9.17, 15) is 0 Å². The van der Waals surface area contributed by atoms with Crippen LogP contribution in [0.1, 0.15) is 25.0 Å². The van der Waals surface area contributed by atoms with Gasteiger partial charge in [-0.25, -0.2) is 0 Å². The highest BCUT2D eigenvalue weighted by atomic mass is 15.1. The van der Waals surface area contributed by atoms with Gasteiger partial charge in [-0.05, 0) is 119 Å². The Hall–Kier alpha value is -8.60. The number of aromatic nitrogens is 3. The number of para-hydroxylation sites is 6. The molecule has 0 spiro atoms. The van der Waals surface area contributed by atoms with E-state index in [1.54, 1.807) is 0 Å². The molecule has 10 aromatic carbocycles. The van der Waals surface area contributed by atoms with Crippen LogP contribution in [0.15, 0.2) is 231 Å². The number of fused-ring (bicyclic) bond motifs is 14. The fourth-order valence-electron chi connectivity index (χ4n) is 11.7. The van der Waals surface area contributed by atoms with Crippen LogP contribution in [0.25, 0.3) is 93.6 Å². The van der Waals surface area contributed by atoms with Crippen molar-refractivity contribution >= 4 is 82.5 Å². The van der Waals surface area contributed by atoms with Crippen molar-refractivity contribution in [2.24, 2.45) is 0 Å². The fraction of sp³-hybridized carbons (Fsp3) is 0.0476. The third-order valence-electron chi connectivity index (χ3n) is 14.6. The highest BCUT2D eigenvalue weighted by Gasteiger charge is 2.37. The third-order valence-corrected chi connectivity index (χ3v) is 14.6. The molecule has 67 heavy (non-hydrogen) atoms. The minimum absolute atomic E-state index is 0.244. The number of hydrogen-bond donors (Lipinski definition) is 0. The number of rotatable bonds is 6. The van der Waals surface area contributed by atoms with E-state index >= 15 is 0 Å². The molecule has 0 unspecified atom stereocenters. The van der Waals surface area contributed by atoms with E-state index in [1.165, 1.54) is 87.7 Å². The first-order valence-electron chi connectivity index (χ1n) is 23.3. The van der Waals surface area contributed by atoms with Crippen molar-refractivity contribution in [2.75, 3.05) is 4.90 Å². The van der Waals surface area contributed by atoms with E-state index in [4.69, 9.17) is 0 Å². The van der Waals surface area contributed by atoms with Crippen molar-refractivity contribution in [1.29, 1.82) is 0 Å². The van der Waals surface area contributed by atoms with E-state index in [0.29, 0.717) is 0 Å². The van der Waals surface area contributed by atoms with Gasteiger partial charge in [0.2, 0.25) is 0 Å². The van der Waals surface area contributed by atoms with Gasteiger partial charge in [0.15, 0.2) is 0 Å². The Balaban J connectivity index is 1.00. The Labute approximate surface area is 388 Å². The predicted octanol–water partition coefficient (Wildman–Crippen LogP) is 16.8. The number of benzene rings is 10. The second-order valence-electron chi connectivity index (χ2n) is 18.5. The molecule has 316 valence electrons. The molecule has 0 N–H and O–H groups in total. The van der Waals surface area contributed by atoms with Gasteiger partial charge >= 0.3 is 0 Å². The zero-order valence-corrected chi connectivity index (χ0v) is 37.2. The maximum atomic E-state index is 2.56. The lowest BCUT2D eigenvalue weighted by Gasteiger charge is -2.28. The summed E-state index contributed by atoms with van der Waals surface area (Å²) in [6.07, 6.45) is 0. The molecule has 0 amide bonds. The molecule has 4 nitrogen and oxygen atoms in total. The summed E-state index contributed by atoms with van der Waals surface area (Å²) >= 11 is 0. The molecule has 3 aromatic heterocycles. The monoisotopic (exact) mass is 856 g/mol. The lowest BCUT2D eigenvalue weighted by atomic mass is 9.82. The molecule has 4 heteroatoms. The second-order valence-corrected chi connectivity index (χ2v) is 18.5. The van der Waals surface area contributed by atoms with Gasteiger partial charge in [0.1, 0.15) is 0 Å². The van der Waals surface area contributed by atoms with Gasteiger partial charge < -0.3 is 18.6 Å². The van der Waals surface area contributed by atoms with Crippen molar-refractivity contribution in [3.05, 3.63) is 242 Å². The summed E-state index contributed by atoms with van der Waals surface area (Å²) < 4.78 is 7.49. The van der Waals surface area contributed by atoms with Crippen molar-refractivity contribution in [3.63, 3.8) is 0 Å². The first-order valence-corrected chi connectivity index (χ1v) is 23.3. The molecule has 1 aliphatic carbocycles. The van der Waals surface area contributed by atoms with Crippen LogP contribution in [-0.4, -0.2) is 13.7 Å². The largest absolute Gasteiger partial charge is 0.310 e. The number of nitrogens with zero attached hydrogens (tertiary/aromatic N) is 4. The van der Waals surface area contributed by atoms with Crippen LogP contribution < -0.4 is 4.90 Å². The van der Waals surface area contributed by atoms with E-state index in [1.807, 2.05) is 0 Å². The molecular formula is C63H44N4. The minimum atomic E-state index is -0.244. The van der Waals surface area contributed by atoms with E-state index in [-0.39, 0.29) is 5.41 Å². The van der Waals surface area contributed by atoms with Crippen LogP contribution in [-0.2, 0) is 5.41 Å². The van der Waals surface area contributed by atoms with Crippen molar-refractivity contribution in [2.45, 2.75) is 19.3 Å². The summed E-state index contributed by atoms with van der Waals surface area (Å²) in [5.41, 5.74) is 19.1. The molecule has 0 saturated heterocycles. The summed E-state index contributed by atoms with van der Waals surface area (Å²) in [5.74, 6) is 0. The molecule has 0 fully saturated rings. The van der Waals surface area contributed by atoms with Crippen LogP contribution in [0.2, 0.25) is 0 Å². The molecule has 0 atom stereocenters. The Morgan fingerprint density at radius 3 is 1.28 bits per heavy atom. The number of hydrogen-bond acceptors (Lipinski definition) is 1. The second kappa shape index (κ2) is 14.2. The summed E-state index contributed by atoms with van der Waals surface area (Å²) in [4.78, 5) is 2.37. The number of anilines is 3. The lowest BCUT2D eigenvalue weighted by Crippen LogP contribution is -2.17. The van der Waals surface area contributed by atoms with E-state index < -0.39 is 0 Å².